The number of hydrogen-bond donors (Lipinski definition) is 1. The molecule has 0 aliphatic carbocycles. The van der Waals surface area contributed by atoms with Crippen molar-refractivity contribution in [2.45, 2.75) is 45.8 Å². The number of nitrogens with two attached hydrogens (primary N) is 1. The van der Waals surface area contributed by atoms with E-state index in [4.69, 9.17) is 10.5 Å². The monoisotopic (exact) mass is 283 g/mol. The zero-order chi connectivity index (χ0) is 15.4. The van der Waals surface area contributed by atoms with Crippen LogP contribution in [0.2, 0.25) is 0 Å². The lowest BCUT2D eigenvalue weighted by molar-refractivity contribution is 0.180. The highest BCUT2D eigenvalue weighted by Crippen LogP contribution is 2.26. The molecule has 2 N–H and O–H groups in total. The van der Waals surface area contributed by atoms with Crippen LogP contribution in [0.15, 0.2) is 48.5 Å². The maximum Gasteiger partial charge on any atom is 0.138 e. The molecule has 2 aromatic carbocycles. The molecule has 0 saturated heterocycles. The molecular weight excluding hydrogens is 258 g/mol. The quantitative estimate of drug-likeness (QED) is 0.871. The Bertz CT molecular complexity index is 555. The predicted molar refractivity (Wildman–Crippen MR) is 88.7 cm³/mol. The Morgan fingerprint density at radius 2 is 1.33 bits per heavy atom. The number of aryl methyl sites for hydroxylation is 1. The van der Waals surface area contributed by atoms with Crippen LogP contribution >= 0.6 is 0 Å². The van der Waals surface area contributed by atoms with E-state index >= 15 is 0 Å². The van der Waals surface area contributed by atoms with Gasteiger partial charge < -0.3 is 10.5 Å². The van der Waals surface area contributed by atoms with Gasteiger partial charge in [-0.15, -0.1) is 0 Å². The van der Waals surface area contributed by atoms with Crippen LogP contribution in [0.1, 0.15) is 49.5 Å². The van der Waals surface area contributed by atoms with Crippen LogP contribution in [0, 0.1) is 6.92 Å². The van der Waals surface area contributed by atoms with E-state index < -0.39 is 0 Å². The van der Waals surface area contributed by atoms with Crippen molar-refractivity contribution in [2.24, 2.45) is 5.73 Å². The molecule has 0 bridgehead atoms. The van der Waals surface area contributed by atoms with Crippen molar-refractivity contribution in [2.75, 3.05) is 0 Å². The number of ether oxygens (including phenoxy) is 1. The van der Waals surface area contributed by atoms with Gasteiger partial charge in [0.2, 0.25) is 0 Å². The number of rotatable bonds is 5. The Labute approximate surface area is 127 Å². The summed E-state index contributed by atoms with van der Waals surface area (Å²) in [6.45, 7) is 8.43. The summed E-state index contributed by atoms with van der Waals surface area (Å²) in [7, 11) is 0. The molecule has 112 valence electrons. The second kappa shape index (κ2) is 6.77. The van der Waals surface area contributed by atoms with Gasteiger partial charge in [-0.25, -0.2) is 0 Å². The molecule has 2 heteroatoms. The van der Waals surface area contributed by atoms with Crippen LogP contribution in [0.4, 0.5) is 0 Å². The summed E-state index contributed by atoms with van der Waals surface area (Å²) in [4.78, 5) is 0. The molecule has 2 rings (SSSR count). The minimum absolute atomic E-state index is 0.0718. The summed E-state index contributed by atoms with van der Waals surface area (Å²) >= 11 is 0. The largest absolute Gasteiger partial charge is 0.484 e. The predicted octanol–water partition coefficient (Wildman–Crippen LogP) is 4.59. The second-order valence-corrected chi connectivity index (χ2v) is 6.03. The fraction of sp³-hybridized carbons (Fsp3) is 0.368. The minimum Gasteiger partial charge on any atom is -0.484 e. The van der Waals surface area contributed by atoms with E-state index in [0.29, 0.717) is 5.92 Å². The van der Waals surface area contributed by atoms with Crippen LogP contribution in [0.25, 0.3) is 0 Å². The van der Waals surface area contributed by atoms with Crippen molar-refractivity contribution in [1.29, 1.82) is 0 Å². The van der Waals surface area contributed by atoms with E-state index in [0.717, 1.165) is 11.3 Å². The molecule has 2 nitrogen and oxygen atoms in total. The fourth-order valence-electron chi connectivity index (χ4n) is 2.31. The Hall–Kier alpha value is -1.80. The average Bonchev–Trinajstić information content (AvgIpc) is 2.46. The molecule has 0 heterocycles. The summed E-state index contributed by atoms with van der Waals surface area (Å²) in [6, 6.07) is 16.6. The third-order valence-corrected chi connectivity index (χ3v) is 3.69. The Kier molecular flexibility index (Phi) is 5.03. The van der Waals surface area contributed by atoms with Crippen LogP contribution in [0.3, 0.4) is 0 Å². The molecule has 2 atom stereocenters. The normalized spacial score (nSPS) is 14.0. The maximum atomic E-state index is 6.11. The Balaban J connectivity index is 2.18. The SMILES string of the molecule is Cc1ccc(C(Oc2ccc(C(C)C)cc2)C(C)N)cc1. The smallest absolute Gasteiger partial charge is 0.138 e. The molecular formula is C19H25NO. The fourth-order valence-corrected chi connectivity index (χ4v) is 2.31. The molecule has 0 amide bonds. The van der Waals surface area contributed by atoms with Crippen molar-refractivity contribution in [3.8, 4) is 5.75 Å². The van der Waals surface area contributed by atoms with Crippen LogP contribution in [-0.2, 0) is 0 Å². The Morgan fingerprint density at radius 1 is 0.810 bits per heavy atom. The van der Waals surface area contributed by atoms with Crippen molar-refractivity contribution in [1.82, 2.24) is 0 Å². The molecule has 21 heavy (non-hydrogen) atoms. The highest BCUT2D eigenvalue weighted by atomic mass is 16.5. The van der Waals surface area contributed by atoms with Gasteiger partial charge in [-0.1, -0.05) is 55.8 Å². The van der Waals surface area contributed by atoms with E-state index in [-0.39, 0.29) is 12.1 Å². The first kappa shape index (κ1) is 15.6. The van der Waals surface area contributed by atoms with E-state index in [9.17, 15) is 0 Å². The van der Waals surface area contributed by atoms with Crippen LogP contribution in [0.5, 0.6) is 5.75 Å². The molecule has 0 aliphatic rings. The van der Waals surface area contributed by atoms with Gasteiger partial charge in [-0.05, 0) is 43.0 Å². The van der Waals surface area contributed by atoms with Gasteiger partial charge in [0.25, 0.3) is 0 Å². The van der Waals surface area contributed by atoms with Gasteiger partial charge in [-0.3, -0.25) is 0 Å². The van der Waals surface area contributed by atoms with Gasteiger partial charge in [0, 0.05) is 6.04 Å². The van der Waals surface area contributed by atoms with Crippen molar-refractivity contribution < 1.29 is 4.74 Å². The summed E-state index contributed by atoms with van der Waals surface area (Å²) in [5.74, 6) is 1.39. The summed E-state index contributed by atoms with van der Waals surface area (Å²) in [5.41, 5.74) is 9.78. The topological polar surface area (TPSA) is 35.2 Å². The lowest BCUT2D eigenvalue weighted by atomic mass is 10.0. The lowest BCUT2D eigenvalue weighted by Gasteiger charge is -2.23. The first-order valence-corrected chi connectivity index (χ1v) is 7.56. The third-order valence-electron chi connectivity index (χ3n) is 3.69. The molecule has 2 aromatic rings. The molecule has 0 fully saturated rings. The number of benzene rings is 2. The molecule has 0 aromatic heterocycles. The molecule has 0 saturated carbocycles. The van der Waals surface area contributed by atoms with Crippen molar-refractivity contribution in [3.63, 3.8) is 0 Å². The first-order chi connectivity index (χ1) is 9.97. The minimum atomic E-state index is -0.129. The van der Waals surface area contributed by atoms with Gasteiger partial charge in [0.15, 0.2) is 0 Å². The summed E-state index contributed by atoms with van der Waals surface area (Å²) in [5, 5.41) is 0. The molecule has 0 radical (unpaired) electrons. The van der Waals surface area contributed by atoms with Gasteiger partial charge in [-0.2, -0.15) is 0 Å². The standard InChI is InChI=1S/C19H25NO/c1-13(2)16-9-11-18(12-10-16)21-19(15(4)20)17-7-5-14(3)6-8-17/h5-13,15,19H,20H2,1-4H3. The second-order valence-electron chi connectivity index (χ2n) is 6.03. The maximum absolute atomic E-state index is 6.11. The van der Waals surface area contributed by atoms with Gasteiger partial charge in [0.1, 0.15) is 11.9 Å². The van der Waals surface area contributed by atoms with E-state index in [1.807, 2.05) is 19.1 Å². The molecule has 2 unspecified atom stereocenters. The highest BCUT2D eigenvalue weighted by molar-refractivity contribution is 5.31. The zero-order valence-corrected chi connectivity index (χ0v) is 13.3. The number of hydrogen-bond acceptors (Lipinski definition) is 2. The van der Waals surface area contributed by atoms with E-state index in [2.05, 4.69) is 57.2 Å². The average molecular weight is 283 g/mol. The van der Waals surface area contributed by atoms with Crippen LogP contribution < -0.4 is 10.5 Å². The van der Waals surface area contributed by atoms with Gasteiger partial charge in [0.05, 0.1) is 0 Å². The van der Waals surface area contributed by atoms with Crippen molar-refractivity contribution >= 4 is 0 Å². The Morgan fingerprint density at radius 3 is 1.81 bits per heavy atom. The highest BCUT2D eigenvalue weighted by Gasteiger charge is 2.18. The van der Waals surface area contributed by atoms with Crippen molar-refractivity contribution in [3.05, 3.63) is 65.2 Å². The zero-order valence-electron chi connectivity index (χ0n) is 13.3. The third kappa shape index (κ3) is 4.08. The summed E-state index contributed by atoms with van der Waals surface area (Å²) < 4.78 is 6.11. The first-order valence-electron chi connectivity index (χ1n) is 7.56. The van der Waals surface area contributed by atoms with Gasteiger partial charge >= 0.3 is 0 Å². The van der Waals surface area contributed by atoms with Crippen LogP contribution in [-0.4, -0.2) is 6.04 Å². The van der Waals surface area contributed by atoms with E-state index in [1.54, 1.807) is 0 Å². The molecule has 0 spiro atoms. The van der Waals surface area contributed by atoms with E-state index in [1.165, 1.54) is 11.1 Å². The molecule has 0 aliphatic heterocycles. The lowest BCUT2D eigenvalue weighted by Crippen LogP contribution is -2.29. The summed E-state index contributed by atoms with van der Waals surface area (Å²) in [6.07, 6.45) is -0.129.